The molecule has 0 aliphatic rings. The Hall–Kier alpha value is -0.530. The molecule has 5 nitrogen and oxygen atoms in total. The largest absolute Gasteiger partial charge is 0.743 e. The van der Waals surface area contributed by atoms with Gasteiger partial charge in [0.1, 0.15) is 0 Å². The van der Waals surface area contributed by atoms with Crippen LogP contribution in [0.5, 0.6) is 0 Å². The first kappa shape index (κ1) is 20.5. The van der Waals surface area contributed by atoms with Crippen LogP contribution in [0.25, 0.3) is 0 Å². The van der Waals surface area contributed by atoms with Crippen LogP contribution in [0.15, 0.2) is 29.2 Å². The number of rotatable bonds is 8. The van der Waals surface area contributed by atoms with Crippen molar-refractivity contribution in [1.82, 2.24) is 0 Å². The molecule has 0 aromatic heterocycles. The average Bonchev–Trinajstić information content (AvgIpc) is 2.45. The molecular weight excluding hydrogens is 472 g/mol. The van der Waals surface area contributed by atoms with Gasteiger partial charge in [-0.15, -0.1) is 11.8 Å². The Morgan fingerprint density at radius 3 is 2.43 bits per heavy atom. The van der Waals surface area contributed by atoms with Crippen LogP contribution in [-0.2, 0) is 19.6 Å². The first-order chi connectivity index (χ1) is 10.5. The third kappa shape index (κ3) is 6.47. The average molecular weight is 483 g/mol. The SMILES string of the molecule is O=C(CSc1ccc(I)cc1)OCCC(F)C(F)(F)S(=O)(=O)[O-]. The zero-order chi connectivity index (χ0) is 17.7. The number of alkyl halides is 3. The standard InChI is InChI=1S/C12H12F3IO5S2/c13-10(12(14,15)23(18,19)20)5-6-21-11(17)7-22-9-3-1-8(16)2-4-9/h1-4,10H,5-7H2,(H,18,19,20)/p-1. The molecule has 130 valence electrons. The van der Waals surface area contributed by atoms with Crippen LogP contribution in [0.1, 0.15) is 6.42 Å². The molecule has 0 aliphatic carbocycles. The van der Waals surface area contributed by atoms with Crippen LogP contribution in [0.3, 0.4) is 0 Å². The zero-order valence-corrected chi connectivity index (χ0v) is 15.2. The summed E-state index contributed by atoms with van der Waals surface area (Å²) in [6, 6.07) is 7.20. The second-order valence-electron chi connectivity index (χ2n) is 4.24. The lowest BCUT2D eigenvalue weighted by Gasteiger charge is -2.23. The number of halogens is 4. The first-order valence-corrected chi connectivity index (χ1v) is 9.52. The fourth-order valence-electron chi connectivity index (χ4n) is 1.32. The Bertz CT molecular complexity index is 637. The van der Waals surface area contributed by atoms with Gasteiger partial charge in [-0.2, -0.15) is 8.78 Å². The fourth-order valence-corrected chi connectivity index (χ4v) is 2.80. The first-order valence-electron chi connectivity index (χ1n) is 6.05. The van der Waals surface area contributed by atoms with Crippen molar-refractivity contribution in [3.63, 3.8) is 0 Å². The van der Waals surface area contributed by atoms with E-state index in [1.807, 2.05) is 12.1 Å². The second kappa shape index (κ2) is 8.53. The van der Waals surface area contributed by atoms with Crippen molar-refractivity contribution in [3.05, 3.63) is 27.8 Å². The molecule has 0 saturated carbocycles. The number of carbonyl (C=O) groups is 1. The van der Waals surface area contributed by atoms with Gasteiger partial charge in [-0.25, -0.2) is 12.8 Å². The zero-order valence-electron chi connectivity index (χ0n) is 11.4. The molecule has 1 rings (SSSR count). The van der Waals surface area contributed by atoms with E-state index in [1.54, 1.807) is 12.1 Å². The van der Waals surface area contributed by atoms with Gasteiger partial charge in [0.15, 0.2) is 16.3 Å². The third-order valence-corrected chi connectivity index (χ3v) is 5.13. The van der Waals surface area contributed by atoms with E-state index < -0.39 is 40.5 Å². The maximum Gasteiger partial charge on any atom is 0.364 e. The number of hydrogen-bond donors (Lipinski definition) is 0. The quantitative estimate of drug-likeness (QED) is 0.245. The highest BCUT2D eigenvalue weighted by molar-refractivity contribution is 14.1. The lowest BCUT2D eigenvalue weighted by molar-refractivity contribution is -0.141. The van der Waals surface area contributed by atoms with Crippen LogP contribution >= 0.6 is 34.4 Å². The summed E-state index contributed by atoms with van der Waals surface area (Å²) >= 11 is 3.25. The van der Waals surface area contributed by atoms with E-state index >= 15 is 0 Å². The summed E-state index contributed by atoms with van der Waals surface area (Å²) in [5.41, 5.74) is 0. The maximum absolute atomic E-state index is 13.1. The number of esters is 1. The molecule has 1 atom stereocenters. The van der Waals surface area contributed by atoms with Crippen LogP contribution in [0.2, 0.25) is 0 Å². The Labute approximate surface area is 148 Å². The molecule has 0 bridgehead atoms. The van der Waals surface area contributed by atoms with Crippen molar-refractivity contribution in [1.29, 1.82) is 0 Å². The Kier molecular flexibility index (Phi) is 7.61. The van der Waals surface area contributed by atoms with Crippen LogP contribution in [0, 0.1) is 3.57 Å². The van der Waals surface area contributed by atoms with Gasteiger partial charge >= 0.3 is 11.2 Å². The van der Waals surface area contributed by atoms with Gasteiger partial charge in [-0.3, -0.25) is 4.79 Å². The smallest absolute Gasteiger partial charge is 0.364 e. The third-order valence-electron chi connectivity index (χ3n) is 2.50. The Morgan fingerprint density at radius 2 is 1.91 bits per heavy atom. The van der Waals surface area contributed by atoms with E-state index in [1.165, 1.54) is 0 Å². The molecule has 11 heteroatoms. The minimum absolute atomic E-state index is 0.117. The van der Waals surface area contributed by atoms with Gasteiger partial charge < -0.3 is 9.29 Å². The fraction of sp³-hybridized carbons (Fsp3) is 0.417. The second-order valence-corrected chi connectivity index (χ2v) is 7.98. The number of ether oxygens (including phenoxy) is 1. The number of thioether (sulfide) groups is 1. The van der Waals surface area contributed by atoms with E-state index in [4.69, 9.17) is 0 Å². The molecule has 0 radical (unpaired) electrons. The van der Waals surface area contributed by atoms with Crippen molar-refractivity contribution in [2.45, 2.75) is 22.7 Å². The van der Waals surface area contributed by atoms with Gasteiger partial charge in [-0.1, -0.05) is 0 Å². The highest BCUT2D eigenvalue weighted by Gasteiger charge is 2.47. The molecule has 0 saturated heterocycles. The molecule has 0 fully saturated rings. The summed E-state index contributed by atoms with van der Waals surface area (Å²) in [6.07, 6.45) is -4.32. The minimum atomic E-state index is -6.11. The lowest BCUT2D eigenvalue weighted by Crippen LogP contribution is -2.39. The van der Waals surface area contributed by atoms with Gasteiger partial charge in [-0.05, 0) is 46.9 Å². The summed E-state index contributed by atoms with van der Waals surface area (Å²) in [4.78, 5) is 12.2. The van der Waals surface area contributed by atoms with Crippen LogP contribution in [0.4, 0.5) is 13.2 Å². The van der Waals surface area contributed by atoms with Crippen molar-refractivity contribution >= 4 is 50.4 Å². The number of benzene rings is 1. The Balaban J connectivity index is 2.35. The van der Waals surface area contributed by atoms with E-state index in [2.05, 4.69) is 27.3 Å². The van der Waals surface area contributed by atoms with Crippen LogP contribution in [-0.4, -0.2) is 42.7 Å². The minimum Gasteiger partial charge on any atom is -0.743 e. The molecule has 0 spiro atoms. The highest BCUT2D eigenvalue weighted by atomic mass is 127. The molecule has 0 amide bonds. The van der Waals surface area contributed by atoms with Crippen LogP contribution < -0.4 is 0 Å². The van der Waals surface area contributed by atoms with Crippen molar-refractivity contribution < 1.29 is 35.7 Å². The molecule has 0 aliphatic heterocycles. The monoisotopic (exact) mass is 483 g/mol. The van der Waals surface area contributed by atoms with Gasteiger partial charge in [0.05, 0.1) is 12.4 Å². The summed E-state index contributed by atoms with van der Waals surface area (Å²) < 4.78 is 74.9. The molecule has 1 aromatic rings. The van der Waals surface area contributed by atoms with E-state index in [0.717, 1.165) is 20.2 Å². The summed E-state index contributed by atoms with van der Waals surface area (Å²) in [6.45, 7) is -0.752. The highest BCUT2D eigenvalue weighted by Crippen LogP contribution is 2.29. The predicted octanol–water partition coefficient (Wildman–Crippen LogP) is 2.79. The molecule has 1 unspecified atom stereocenters. The lowest BCUT2D eigenvalue weighted by atomic mass is 10.3. The van der Waals surface area contributed by atoms with E-state index in [9.17, 15) is 30.9 Å². The Morgan fingerprint density at radius 1 is 1.35 bits per heavy atom. The molecular formula is C12H11F3IO5S2-. The molecule has 1 aromatic carbocycles. The maximum atomic E-state index is 13.1. The number of carbonyl (C=O) groups excluding carboxylic acids is 1. The van der Waals surface area contributed by atoms with Crippen molar-refractivity contribution in [2.75, 3.05) is 12.4 Å². The molecule has 0 heterocycles. The van der Waals surface area contributed by atoms with Gasteiger partial charge in [0.2, 0.25) is 0 Å². The molecule has 23 heavy (non-hydrogen) atoms. The molecule has 0 N–H and O–H groups in total. The summed E-state index contributed by atoms with van der Waals surface area (Å²) in [5.74, 6) is -0.887. The van der Waals surface area contributed by atoms with E-state index in [-0.39, 0.29) is 5.75 Å². The summed E-state index contributed by atoms with van der Waals surface area (Å²) in [7, 11) is -6.11. The van der Waals surface area contributed by atoms with Gasteiger partial charge in [0, 0.05) is 14.9 Å². The normalized spacial score (nSPS) is 13.6. The predicted molar refractivity (Wildman–Crippen MR) is 85.0 cm³/mol. The van der Waals surface area contributed by atoms with Gasteiger partial charge in [0.25, 0.3) is 0 Å². The van der Waals surface area contributed by atoms with Crippen molar-refractivity contribution in [3.8, 4) is 0 Å². The van der Waals surface area contributed by atoms with Crippen molar-refractivity contribution in [2.24, 2.45) is 0 Å². The number of hydrogen-bond acceptors (Lipinski definition) is 6. The topological polar surface area (TPSA) is 83.5 Å². The summed E-state index contributed by atoms with van der Waals surface area (Å²) in [5, 5.41) is -5.05. The van der Waals surface area contributed by atoms with E-state index in [0.29, 0.717) is 0 Å².